The minimum Gasteiger partial charge on any atom is -0.366 e. The number of aryl methyl sites for hydroxylation is 1. The maximum absolute atomic E-state index is 13.3. The van der Waals surface area contributed by atoms with Crippen LogP contribution in [-0.2, 0) is 6.42 Å². The van der Waals surface area contributed by atoms with E-state index in [1.807, 2.05) is 24.4 Å². The Hall–Kier alpha value is -3.55. The second-order valence-corrected chi connectivity index (χ2v) is 7.96. The molecule has 5 rings (SSSR count). The number of urea groups is 1. The Labute approximate surface area is 175 Å². The van der Waals surface area contributed by atoms with Gasteiger partial charge in [0.25, 0.3) is 0 Å². The fraction of sp³-hybridized carbons (Fsp3) is 0.318. The van der Waals surface area contributed by atoms with Gasteiger partial charge < -0.3 is 4.90 Å². The van der Waals surface area contributed by atoms with Crippen molar-refractivity contribution in [3.8, 4) is 11.3 Å². The third-order valence-electron chi connectivity index (χ3n) is 5.88. The largest absolute Gasteiger partial charge is 0.366 e. The van der Waals surface area contributed by atoms with Gasteiger partial charge in [0.2, 0.25) is 0 Å². The van der Waals surface area contributed by atoms with E-state index in [9.17, 15) is 4.79 Å². The van der Waals surface area contributed by atoms with Crippen molar-refractivity contribution in [1.29, 1.82) is 0 Å². The van der Waals surface area contributed by atoms with E-state index >= 15 is 0 Å². The Kier molecular flexibility index (Phi) is 4.34. The standard InChI is InChI=1S/C22H23N7O/c1-3-16-5-4-15(12-25-16)17-6-7-18-20(26-17)29(22(2)8-11-28(18)14-22)21(30)27-19-13-23-9-10-24-19/h4-7,9-10,12-13H,3,8,11,14H2,1-2H3,(H,24,27,30)/t22-/m1/s1. The van der Waals surface area contributed by atoms with Crippen molar-refractivity contribution in [2.45, 2.75) is 32.2 Å². The highest BCUT2D eigenvalue weighted by Crippen LogP contribution is 2.45. The highest BCUT2D eigenvalue weighted by molar-refractivity contribution is 6.05. The topological polar surface area (TPSA) is 87.1 Å². The number of nitrogens with one attached hydrogen (secondary N) is 1. The van der Waals surface area contributed by atoms with Gasteiger partial charge in [0.05, 0.1) is 23.1 Å². The number of nitrogens with zero attached hydrogens (tertiary/aromatic N) is 6. The number of pyridine rings is 2. The molecule has 2 bridgehead atoms. The number of hydrogen-bond acceptors (Lipinski definition) is 6. The Morgan fingerprint density at radius 2 is 2.07 bits per heavy atom. The molecule has 2 aliphatic heterocycles. The van der Waals surface area contributed by atoms with Crippen LogP contribution in [0.4, 0.5) is 22.1 Å². The lowest BCUT2D eigenvalue weighted by molar-refractivity contribution is 0.250. The molecule has 1 saturated heterocycles. The van der Waals surface area contributed by atoms with Gasteiger partial charge in [0.15, 0.2) is 11.6 Å². The van der Waals surface area contributed by atoms with E-state index in [0.717, 1.165) is 48.6 Å². The zero-order chi connectivity index (χ0) is 20.7. The third-order valence-corrected chi connectivity index (χ3v) is 5.88. The molecule has 8 nitrogen and oxygen atoms in total. The minimum absolute atomic E-state index is 0.245. The number of carbonyl (C=O) groups is 1. The molecule has 2 amide bonds. The van der Waals surface area contributed by atoms with Crippen LogP contribution in [0.15, 0.2) is 49.1 Å². The first-order chi connectivity index (χ1) is 14.6. The summed E-state index contributed by atoms with van der Waals surface area (Å²) in [6, 6.07) is 7.86. The average molecular weight is 401 g/mol. The second kappa shape index (κ2) is 7.05. The zero-order valence-corrected chi connectivity index (χ0v) is 17.0. The van der Waals surface area contributed by atoms with Crippen molar-refractivity contribution in [2.75, 3.05) is 28.2 Å². The molecule has 3 aromatic rings. The van der Waals surface area contributed by atoms with Crippen LogP contribution < -0.4 is 15.1 Å². The fourth-order valence-electron chi connectivity index (χ4n) is 4.26. The van der Waals surface area contributed by atoms with Crippen LogP contribution in [0.1, 0.15) is 26.0 Å². The van der Waals surface area contributed by atoms with Crippen molar-refractivity contribution in [2.24, 2.45) is 0 Å². The number of carbonyl (C=O) groups excluding carboxylic acids is 1. The molecule has 0 unspecified atom stereocenters. The van der Waals surface area contributed by atoms with Gasteiger partial charge >= 0.3 is 6.03 Å². The molecule has 152 valence electrons. The molecule has 0 radical (unpaired) electrons. The summed E-state index contributed by atoms with van der Waals surface area (Å²) in [6.07, 6.45) is 8.28. The molecule has 1 fully saturated rings. The van der Waals surface area contributed by atoms with E-state index in [0.29, 0.717) is 11.6 Å². The van der Waals surface area contributed by atoms with Crippen molar-refractivity contribution >= 4 is 23.4 Å². The highest BCUT2D eigenvalue weighted by Gasteiger charge is 2.48. The summed E-state index contributed by atoms with van der Waals surface area (Å²) < 4.78 is 0. The molecule has 1 atom stereocenters. The lowest BCUT2D eigenvalue weighted by Gasteiger charge is -2.42. The lowest BCUT2D eigenvalue weighted by atomic mass is 9.97. The quantitative estimate of drug-likeness (QED) is 0.723. The highest BCUT2D eigenvalue weighted by atomic mass is 16.2. The zero-order valence-electron chi connectivity index (χ0n) is 17.0. The van der Waals surface area contributed by atoms with E-state index in [-0.39, 0.29) is 11.6 Å². The molecule has 1 N–H and O–H groups in total. The smallest absolute Gasteiger partial charge is 0.329 e. The molecule has 0 saturated carbocycles. The van der Waals surface area contributed by atoms with E-state index in [2.05, 4.69) is 45.1 Å². The predicted octanol–water partition coefficient (Wildman–Crippen LogP) is 3.52. The van der Waals surface area contributed by atoms with Crippen molar-refractivity contribution in [3.05, 3.63) is 54.7 Å². The third kappa shape index (κ3) is 3.04. The van der Waals surface area contributed by atoms with Gasteiger partial charge in [-0.1, -0.05) is 6.92 Å². The second-order valence-electron chi connectivity index (χ2n) is 7.96. The normalized spacial score (nSPS) is 19.5. The van der Waals surface area contributed by atoms with Gasteiger partial charge in [-0.05, 0) is 44.0 Å². The van der Waals surface area contributed by atoms with Crippen LogP contribution in [0.3, 0.4) is 0 Å². The van der Waals surface area contributed by atoms with Gasteiger partial charge in [-0.15, -0.1) is 0 Å². The van der Waals surface area contributed by atoms with Crippen LogP contribution in [0.25, 0.3) is 11.3 Å². The average Bonchev–Trinajstić information content (AvgIpc) is 3.11. The molecular weight excluding hydrogens is 378 g/mol. The summed E-state index contributed by atoms with van der Waals surface area (Å²) in [5.74, 6) is 1.09. The van der Waals surface area contributed by atoms with Crippen molar-refractivity contribution in [1.82, 2.24) is 19.9 Å². The van der Waals surface area contributed by atoms with Crippen LogP contribution in [0.2, 0.25) is 0 Å². The molecule has 2 aliphatic rings. The summed E-state index contributed by atoms with van der Waals surface area (Å²) in [7, 11) is 0. The van der Waals surface area contributed by atoms with E-state index < -0.39 is 0 Å². The van der Waals surface area contributed by atoms with Gasteiger partial charge in [-0.2, -0.15) is 0 Å². The molecule has 0 spiro atoms. The lowest BCUT2D eigenvalue weighted by Crippen LogP contribution is -2.56. The summed E-state index contributed by atoms with van der Waals surface area (Å²) in [5, 5.41) is 2.88. The molecular formula is C22H23N7O. The number of amides is 2. The number of aromatic nitrogens is 4. The monoisotopic (exact) mass is 401 g/mol. The maximum Gasteiger partial charge on any atom is 0.329 e. The van der Waals surface area contributed by atoms with Crippen LogP contribution in [0, 0.1) is 0 Å². The van der Waals surface area contributed by atoms with E-state index in [1.54, 1.807) is 17.3 Å². The van der Waals surface area contributed by atoms with Crippen LogP contribution in [-0.4, -0.2) is 44.6 Å². The van der Waals surface area contributed by atoms with Gasteiger partial charge in [0.1, 0.15) is 0 Å². The molecule has 0 aromatic carbocycles. The van der Waals surface area contributed by atoms with Gasteiger partial charge in [-0.3, -0.25) is 20.2 Å². The van der Waals surface area contributed by atoms with E-state index in [1.165, 1.54) is 6.20 Å². The summed E-state index contributed by atoms with van der Waals surface area (Å²) in [4.78, 5) is 35.0. The summed E-state index contributed by atoms with van der Waals surface area (Å²) >= 11 is 0. The SMILES string of the molecule is CCc1ccc(-c2ccc3c(n2)N(C(=O)Nc2cnccn2)[C@]2(C)CCN3C2)cn1. The molecule has 5 heterocycles. The minimum atomic E-state index is -0.338. The molecule has 0 aliphatic carbocycles. The Morgan fingerprint density at radius 1 is 1.17 bits per heavy atom. The van der Waals surface area contributed by atoms with Gasteiger partial charge in [0, 0.05) is 42.9 Å². The van der Waals surface area contributed by atoms with Crippen molar-refractivity contribution < 1.29 is 4.79 Å². The number of hydrogen-bond donors (Lipinski definition) is 1. The summed E-state index contributed by atoms with van der Waals surface area (Å²) in [6.45, 7) is 5.86. The summed E-state index contributed by atoms with van der Waals surface area (Å²) in [5.41, 5.74) is 3.41. The predicted molar refractivity (Wildman–Crippen MR) is 116 cm³/mol. The Morgan fingerprint density at radius 3 is 2.80 bits per heavy atom. The van der Waals surface area contributed by atoms with Crippen molar-refractivity contribution in [3.63, 3.8) is 0 Å². The van der Waals surface area contributed by atoms with Crippen LogP contribution >= 0.6 is 0 Å². The molecule has 8 heteroatoms. The number of anilines is 3. The first-order valence-corrected chi connectivity index (χ1v) is 10.2. The maximum atomic E-state index is 13.3. The molecule has 3 aromatic heterocycles. The Bertz CT molecular complexity index is 1090. The Balaban J connectivity index is 1.55. The molecule has 30 heavy (non-hydrogen) atoms. The fourth-order valence-corrected chi connectivity index (χ4v) is 4.26. The first kappa shape index (κ1) is 18.5. The van der Waals surface area contributed by atoms with Gasteiger partial charge in [-0.25, -0.2) is 14.8 Å². The number of rotatable bonds is 3. The van der Waals surface area contributed by atoms with E-state index in [4.69, 9.17) is 4.98 Å². The van der Waals surface area contributed by atoms with Crippen LogP contribution in [0.5, 0.6) is 0 Å². The first-order valence-electron chi connectivity index (χ1n) is 10.2. The number of fused-ring (bicyclic) bond motifs is 4.